The second-order valence-electron chi connectivity index (χ2n) is 3.75. The average Bonchev–Trinajstić information content (AvgIpc) is 2.38. The number of ether oxygens (including phenoxy) is 1. The predicted molar refractivity (Wildman–Crippen MR) is 75.4 cm³/mol. The highest BCUT2D eigenvalue weighted by Crippen LogP contribution is 2.07. The molecule has 0 saturated carbocycles. The van der Waals surface area contributed by atoms with Gasteiger partial charge in [0.1, 0.15) is 0 Å². The first-order valence-electron chi connectivity index (χ1n) is 6.09. The number of carbonyl (C=O) groups excluding carboxylic acids is 1. The lowest BCUT2D eigenvalue weighted by Gasteiger charge is -2.07. The van der Waals surface area contributed by atoms with E-state index in [1.807, 2.05) is 6.92 Å². The van der Waals surface area contributed by atoms with Crippen molar-refractivity contribution in [2.45, 2.75) is 11.8 Å². The van der Waals surface area contributed by atoms with Gasteiger partial charge in [0, 0.05) is 36.7 Å². The van der Waals surface area contributed by atoms with Crippen LogP contribution in [0.25, 0.3) is 0 Å². The zero-order valence-electron chi connectivity index (χ0n) is 10.6. The van der Waals surface area contributed by atoms with Crippen molar-refractivity contribution >= 4 is 18.5 Å². The molecule has 0 bridgehead atoms. The van der Waals surface area contributed by atoms with Crippen LogP contribution in [0.3, 0.4) is 0 Å². The van der Waals surface area contributed by atoms with Crippen LogP contribution in [-0.2, 0) is 4.74 Å². The Labute approximate surface area is 114 Å². The van der Waals surface area contributed by atoms with Crippen LogP contribution in [0.15, 0.2) is 29.2 Å². The molecule has 0 saturated heterocycles. The molecule has 0 fully saturated rings. The van der Waals surface area contributed by atoms with Crippen molar-refractivity contribution in [1.29, 1.82) is 0 Å². The summed E-state index contributed by atoms with van der Waals surface area (Å²) in [5.41, 5.74) is 0.655. The van der Waals surface area contributed by atoms with Crippen molar-refractivity contribution < 1.29 is 9.53 Å². The molecule has 1 aromatic rings. The van der Waals surface area contributed by atoms with E-state index in [-0.39, 0.29) is 5.91 Å². The van der Waals surface area contributed by atoms with Crippen molar-refractivity contribution in [1.82, 2.24) is 10.6 Å². The number of carbonyl (C=O) groups is 1. The van der Waals surface area contributed by atoms with Crippen LogP contribution in [0.2, 0.25) is 0 Å². The average molecular weight is 268 g/mol. The molecular weight excluding hydrogens is 248 g/mol. The first-order chi connectivity index (χ1) is 8.74. The van der Waals surface area contributed by atoms with Crippen molar-refractivity contribution in [2.24, 2.45) is 0 Å². The molecule has 1 aromatic carbocycles. The molecular formula is C13H20N2O2S. The van der Waals surface area contributed by atoms with E-state index in [9.17, 15) is 4.79 Å². The summed E-state index contributed by atoms with van der Waals surface area (Å²) in [4.78, 5) is 12.6. The van der Waals surface area contributed by atoms with E-state index in [0.29, 0.717) is 18.7 Å². The van der Waals surface area contributed by atoms with Crippen LogP contribution < -0.4 is 10.6 Å². The number of hydrogen-bond donors (Lipinski definition) is 3. The normalized spacial score (nSPS) is 10.3. The van der Waals surface area contributed by atoms with Crippen molar-refractivity contribution in [3.05, 3.63) is 29.8 Å². The Bertz CT molecular complexity index is 355. The molecule has 0 radical (unpaired) electrons. The first-order valence-corrected chi connectivity index (χ1v) is 6.54. The molecule has 5 heteroatoms. The fraction of sp³-hybridized carbons (Fsp3) is 0.462. The largest absolute Gasteiger partial charge is 0.380 e. The van der Waals surface area contributed by atoms with Crippen molar-refractivity contribution in [3.63, 3.8) is 0 Å². The standard InChI is InChI=1S/C13H20N2O2S/c1-2-17-10-9-14-7-8-15-13(16)11-3-5-12(18)6-4-11/h3-6,14,18H,2,7-10H2,1H3,(H,15,16). The minimum Gasteiger partial charge on any atom is -0.380 e. The summed E-state index contributed by atoms with van der Waals surface area (Å²) in [6.45, 7) is 5.55. The second-order valence-corrected chi connectivity index (χ2v) is 4.27. The van der Waals surface area contributed by atoms with Gasteiger partial charge in [0.25, 0.3) is 5.91 Å². The van der Waals surface area contributed by atoms with Gasteiger partial charge in [-0.1, -0.05) is 0 Å². The van der Waals surface area contributed by atoms with Crippen LogP contribution in [0, 0.1) is 0 Å². The summed E-state index contributed by atoms with van der Waals surface area (Å²) in [5, 5.41) is 6.03. The molecule has 2 N–H and O–H groups in total. The van der Waals surface area contributed by atoms with E-state index < -0.39 is 0 Å². The first kappa shape index (κ1) is 15.0. The van der Waals surface area contributed by atoms with Gasteiger partial charge in [-0.3, -0.25) is 4.79 Å². The molecule has 18 heavy (non-hydrogen) atoms. The molecule has 0 aliphatic carbocycles. The Kier molecular flexibility index (Phi) is 7.48. The maximum Gasteiger partial charge on any atom is 0.251 e. The zero-order chi connectivity index (χ0) is 13.2. The molecule has 0 atom stereocenters. The van der Waals surface area contributed by atoms with E-state index in [2.05, 4.69) is 23.3 Å². The maximum absolute atomic E-state index is 11.7. The number of benzene rings is 1. The monoisotopic (exact) mass is 268 g/mol. The third kappa shape index (κ3) is 6.05. The van der Waals surface area contributed by atoms with Gasteiger partial charge in [-0.2, -0.15) is 0 Å². The zero-order valence-corrected chi connectivity index (χ0v) is 11.5. The number of thiol groups is 1. The highest BCUT2D eigenvalue weighted by Gasteiger charge is 2.03. The lowest BCUT2D eigenvalue weighted by Crippen LogP contribution is -2.33. The summed E-state index contributed by atoms with van der Waals surface area (Å²) < 4.78 is 5.18. The number of amides is 1. The topological polar surface area (TPSA) is 50.4 Å². The van der Waals surface area contributed by atoms with E-state index >= 15 is 0 Å². The number of rotatable bonds is 8. The molecule has 100 valence electrons. The molecule has 4 nitrogen and oxygen atoms in total. The van der Waals surface area contributed by atoms with Crippen LogP contribution in [0.4, 0.5) is 0 Å². The van der Waals surface area contributed by atoms with E-state index in [1.165, 1.54) is 0 Å². The molecule has 0 aliphatic rings. The molecule has 0 aliphatic heterocycles. The molecule has 1 rings (SSSR count). The van der Waals surface area contributed by atoms with Gasteiger partial charge in [0.05, 0.1) is 6.61 Å². The van der Waals surface area contributed by atoms with Crippen LogP contribution in [0.1, 0.15) is 17.3 Å². The summed E-state index contributed by atoms with van der Waals surface area (Å²) >= 11 is 4.17. The van der Waals surface area contributed by atoms with E-state index in [1.54, 1.807) is 24.3 Å². The molecule has 0 heterocycles. The van der Waals surface area contributed by atoms with Gasteiger partial charge in [0.15, 0.2) is 0 Å². The Morgan fingerprint density at radius 2 is 1.94 bits per heavy atom. The quantitative estimate of drug-likeness (QED) is 0.492. The Balaban J connectivity index is 2.12. The highest BCUT2D eigenvalue weighted by atomic mass is 32.1. The van der Waals surface area contributed by atoms with Gasteiger partial charge in [-0.15, -0.1) is 12.6 Å². The summed E-state index contributed by atoms with van der Waals surface area (Å²) in [6, 6.07) is 7.14. The maximum atomic E-state index is 11.7. The minimum absolute atomic E-state index is 0.0602. The Morgan fingerprint density at radius 1 is 1.22 bits per heavy atom. The summed E-state index contributed by atoms with van der Waals surface area (Å²) in [6.07, 6.45) is 0. The SMILES string of the molecule is CCOCCNCCNC(=O)c1ccc(S)cc1. The Hall–Kier alpha value is -1.04. The fourth-order valence-corrected chi connectivity index (χ4v) is 1.54. The molecule has 1 amide bonds. The van der Waals surface area contributed by atoms with Crippen LogP contribution >= 0.6 is 12.6 Å². The number of hydrogen-bond acceptors (Lipinski definition) is 4. The minimum atomic E-state index is -0.0602. The van der Waals surface area contributed by atoms with Gasteiger partial charge < -0.3 is 15.4 Å². The van der Waals surface area contributed by atoms with Crippen LogP contribution in [0.5, 0.6) is 0 Å². The Morgan fingerprint density at radius 3 is 2.61 bits per heavy atom. The lowest BCUT2D eigenvalue weighted by molar-refractivity contribution is 0.0953. The van der Waals surface area contributed by atoms with Gasteiger partial charge in [-0.05, 0) is 31.2 Å². The van der Waals surface area contributed by atoms with E-state index in [4.69, 9.17) is 4.74 Å². The van der Waals surface area contributed by atoms with Crippen LogP contribution in [-0.4, -0.2) is 38.8 Å². The smallest absolute Gasteiger partial charge is 0.251 e. The van der Waals surface area contributed by atoms with Crippen molar-refractivity contribution in [3.8, 4) is 0 Å². The van der Waals surface area contributed by atoms with E-state index in [0.717, 1.165) is 24.6 Å². The van der Waals surface area contributed by atoms with Gasteiger partial charge >= 0.3 is 0 Å². The predicted octanol–water partition coefficient (Wildman–Crippen LogP) is 1.33. The lowest BCUT2D eigenvalue weighted by atomic mass is 10.2. The number of nitrogens with one attached hydrogen (secondary N) is 2. The third-order valence-corrected chi connectivity index (χ3v) is 2.64. The third-order valence-electron chi connectivity index (χ3n) is 2.34. The summed E-state index contributed by atoms with van der Waals surface area (Å²) in [7, 11) is 0. The molecule has 0 unspecified atom stereocenters. The fourth-order valence-electron chi connectivity index (χ4n) is 1.39. The second kappa shape index (κ2) is 8.97. The molecule has 0 aromatic heterocycles. The van der Waals surface area contributed by atoms with Gasteiger partial charge in [0.2, 0.25) is 0 Å². The molecule has 0 spiro atoms. The van der Waals surface area contributed by atoms with Crippen molar-refractivity contribution in [2.75, 3.05) is 32.8 Å². The highest BCUT2D eigenvalue weighted by molar-refractivity contribution is 7.80. The summed E-state index contributed by atoms with van der Waals surface area (Å²) in [5.74, 6) is -0.0602. The van der Waals surface area contributed by atoms with Gasteiger partial charge in [-0.25, -0.2) is 0 Å².